The minimum Gasteiger partial charge on any atom is -0.457 e. The number of hydrogen-bond acceptors (Lipinski definition) is 4. The highest BCUT2D eigenvalue weighted by molar-refractivity contribution is 5.99. The summed E-state index contributed by atoms with van der Waals surface area (Å²) in [5, 5.41) is 3.16. The molecule has 2 aromatic carbocycles. The number of anilines is 2. The molecule has 0 saturated heterocycles. The first-order valence-electron chi connectivity index (χ1n) is 7.91. The van der Waals surface area contributed by atoms with Crippen molar-refractivity contribution < 1.29 is 9.53 Å². The number of nitrogens with two attached hydrogens (primary N) is 1. The molecule has 0 radical (unpaired) electrons. The normalized spacial score (nSPS) is 10.3. The molecule has 5 heteroatoms. The summed E-state index contributed by atoms with van der Waals surface area (Å²) in [6, 6.07) is 18.8. The lowest BCUT2D eigenvalue weighted by molar-refractivity contribution is 0.100. The number of rotatable bonds is 5. The summed E-state index contributed by atoms with van der Waals surface area (Å²) in [7, 11) is 0. The van der Waals surface area contributed by atoms with Crippen LogP contribution in [0.2, 0.25) is 0 Å². The molecule has 0 bridgehead atoms. The summed E-state index contributed by atoms with van der Waals surface area (Å²) < 4.78 is 5.77. The number of nitrogens with zero attached hydrogens (tertiary/aromatic N) is 1. The minimum atomic E-state index is -0.503. The molecule has 1 amide bonds. The third kappa shape index (κ3) is 3.95. The number of aryl methyl sites for hydroxylation is 2. The molecular weight excluding hydrogens is 314 g/mol. The lowest BCUT2D eigenvalue weighted by Gasteiger charge is -2.13. The molecule has 3 rings (SSSR count). The number of amides is 1. The number of primary amides is 1. The Balaban J connectivity index is 1.81. The van der Waals surface area contributed by atoms with Gasteiger partial charge in [0, 0.05) is 11.4 Å². The van der Waals surface area contributed by atoms with Crippen LogP contribution in [0.1, 0.15) is 21.6 Å². The van der Waals surface area contributed by atoms with Crippen LogP contribution in [0.3, 0.4) is 0 Å². The average molecular weight is 333 g/mol. The minimum absolute atomic E-state index is 0.398. The van der Waals surface area contributed by atoms with Crippen LogP contribution in [0.25, 0.3) is 0 Å². The Morgan fingerprint density at radius 3 is 2.28 bits per heavy atom. The number of hydrogen-bond donors (Lipinski definition) is 2. The van der Waals surface area contributed by atoms with E-state index in [1.807, 2.05) is 74.5 Å². The Kier molecular flexibility index (Phi) is 4.66. The van der Waals surface area contributed by atoms with E-state index in [2.05, 4.69) is 10.3 Å². The molecule has 0 spiro atoms. The summed E-state index contributed by atoms with van der Waals surface area (Å²) in [5.74, 6) is 1.45. The Morgan fingerprint density at radius 1 is 1.00 bits per heavy atom. The maximum atomic E-state index is 11.7. The SMILES string of the molecule is Cc1cc(C)c(C(N)=O)c(Nc2ccc(Oc3ccccc3)cc2)n1. The van der Waals surface area contributed by atoms with Gasteiger partial charge in [-0.3, -0.25) is 4.79 Å². The third-order valence-corrected chi connectivity index (χ3v) is 3.69. The molecular formula is C20H19N3O2. The predicted molar refractivity (Wildman–Crippen MR) is 98.5 cm³/mol. The van der Waals surface area contributed by atoms with Crippen molar-refractivity contribution in [3.8, 4) is 11.5 Å². The number of pyridine rings is 1. The third-order valence-electron chi connectivity index (χ3n) is 3.69. The van der Waals surface area contributed by atoms with Crippen molar-refractivity contribution in [2.75, 3.05) is 5.32 Å². The second-order valence-electron chi connectivity index (χ2n) is 5.73. The molecule has 0 atom stereocenters. The van der Waals surface area contributed by atoms with Gasteiger partial charge in [0.25, 0.3) is 5.91 Å². The van der Waals surface area contributed by atoms with E-state index < -0.39 is 5.91 Å². The van der Waals surface area contributed by atoms with Crippen molar-refractivity contribution >= 4 is 17.4 Å². The van der Waals surface area contributed by atoms with Crippen LogP contribution in [0.4, 0.5) is 11.5 Å². The van der Waals surface area contributed by atoms with Gasteiger partial charge in [0.1, 0.15) is 17.3 Å². The van der Waals surface area contributed by atoms with E-state index in [9.17, 15) is 4.79 Å². The zero-order chi connectivity index (χ0) is 17.8. The fraction of sp³-hybridized carbons (Fsp3) is 0.100. The van der Waals surface area contributed by atoms with E-state index in [1.54, 1.807) is 0 Å². The topological polar surface area (TPSA) is 77.2 Å². The fourth-order valence-corrected chi connectivity index (χ4v) is 2.61. The zero-order valence-corrected chi connectivity index (χ0v) is 14.1. The first kappa shape index (κ1) is 16.5. The average Bonchev–Trinajstić information content (AvgIpc) is 2.56. The number of carbonyl (C=O) groups is 1. The molecule has 0 aliphatic carbocycles. The first-order valence-corrected chi connectivity index (χ1v) is 7.91. The van der Waals surface area contributed by atoms with Crippen molar-refractivity contribution in [3.05, 3.63) is 77.5 Å². The van der Waals surface area contributed by atoms with Gasteiger partial charge in [-0.1, -0.05) is 18.2 Å². The molecule has 3 aromatic rings. The number of nitrogens with one attached hydrogen (secondary N) is 1. The lowest BCUT2D eigenvalue weighted by Crippen LogP contribution is -2.16. The molecule has 0 saturated carbocycles. The zero-order valence-electron chi connectivity index (χ0n) is 14.1. The highest BCUT2D eigenvalue weighted by atomic mass is 16.5. The van der Waals surface area contributed by atoms with Gasteiger partial charge < -0.3 is 15.8 Å². The van der Waals surface area contributed by atoms with Gasteiger partial charge in [0.2, 0.25) is 0 Å². The number of benzene rings is 2. The largest absolute Gasteiger partial charge is 0.457 e. The molecule has 1 aromatic heterocycles. The maximum absolute atomic E-state index is 11.7. The van der Waals surface area contributed by atoms with Crippen molar-refractivity contribution in [3.63, 3.8) is 0 Å². The highest BCUT2D eigenvalue weighted by Gasteiger charge is 2.14. The molecule has 25 heavy (non-hydrogen) atoms. The number of carbonyl (C=O) groups excluding carboxylic acids is 1. The van der Waals surface area contributed by atoms with Crippen molar-refractivity contribution in [2.24, 2.45) is 5.73 Å². The van der Waals surface area contributed by atoms with Gasteiger partial charge in [0.15, 0.2) is 0 Å². The van der Waals surface area contributed by atoms with Crippen molar-refractivity contribution in [2.45, 2.75) is 13.8 Å². The van der Waals surface area contributed by atoms with E-state index in [0.29, 0.717) is 11.4 Å². The van der Waals surface area contributed by atoms with Gasteiger partial charge in [-0.15, -0.1) is 0 Å². The highest BCUT2D eigenvalue weighted by Crippen LogP contribution is 2.26. The van der Waals surface area contributed by atoms with Gasteiger partial charge in [-0.2, -0.15) is 0 Å². The van der Waals surface area contributed by atoms with E-state index in [-0.39, 0.29) is 0 Å². The lowest BCUT2D eigenvalue weighted by atomic mass is 10.1. The van der Waals surface area contributed by atoms with Gasteiger partial charge in [-0.25, -0.2) is 4.98 Å². The molecule has 0 unspecified atom stereocenters. The van der Waals surface area contributed by atoms with E-state index >= 15 is 0 Å². The van der Waals surface area contributed by atoms with Crippen molar-refractivity contribution in [1.29, 1.82) is 0 Å². The molecule has 3 N–H and O–H groups in total. The standard InChI is InChI=1S/C20H19N3O2/c1-13-12-14(2)22-20(18(13)19(21)24)23-15-8-10-17(11-9-15)25-16-6-4-3-5-7-16/h3-12H,1-2H3,(H2,21,24)(H,22,23). The molecule has 0 fully saturated rings. The second-order valence-corrected chi connectivity index (χ2v) is 5.73. The van der Waals surface area contributed by atoms with Crippen LogP contribution in [-0.2, 0) is 0 Å². The van der Waals surface area contributed by atoms with Crippen LogP contribution in [0, 0.1) is 13.8 Å². The van der Waals surface area contributed by atoms with E-state index in [4.69, 9.17) is 10.5 Å². The van der Waals surface area contributed by atoms with Crippen LogP contribution < -0.4 is 15.8 Å². The van der Waals surface area contributed by atoms with Crippen LogP contribution in [0.5, 0.6) is 11.5 Å². The fourth-order valence-electron chi connectivity index (χ4n) is 2.61. The Hall–Kier alpha value is -3.34. The molecule has 0 aliphatic rings. The monoisotopic (exact) mass is 333 g/mol. The van der Waals surface area contributed by atoms with E-state index in [1.165, 1.54) is 0 Å². The Labute approximate surface area is 146 Å². The summed E-state index contributed by atoms with van der Waals surface area (Å²) >= 11 is 0. The predicted octanol–water partition coefficient (Wildman–Crippen LogP) is 4.33. The van der Waals surface area contributed by atoms with Gasteiger partial charge >= 0.3 is 0 Å². The Morgan fingerprint density at radius 2 is 1.64 bits per heavy atom. The summed E-state index contributed by atoms with van der Waals surface area (Å²) in [5.41, 5.74) is 8.29. The smallest absolute Gasteiger partial charge is 0.252 e. The van der Waals surface area contributed by atoms with Crippen molar-refractivity contribution in [1.82, 2.24) is 4.98 Å². The number of para-hydroxylation sites is 1. The molecule has 0 aliphatic heterocycles. The van der Waals surface area contributed by atoms with Gasteiger partial charge in [-0.05, 0) is 61.9 Å². The van der Waals surface area contributed by atoms with Crippen LogP contribution in [-0.4, -0.2) is 10.9 Å². The Bertz CT molecular complexity index is 891. The second kappa shape index (κ2) is 7.05. The first-order chi connectivity index (χ1) is 12.0. The van der Waals surface area contributed by atoms with Crippen LogP contribution >= 0.6 is 0 Å². The van der Waals surface area contributed by atoms with Crippen LogP contribution in [0.15, 0.2) is 60.7 Å². The quantitative estimate of drug-likeness (QED) is 0.728. The molecule has 126 valence electrons. The molecule has 5 nitrogen and oxygen atoms in total. The maximum Gasteiger partial charge on any atom is 0.252 e. The summed E-state index contributed by atoms with van der Waals surface area (Å²) in [4.78, 5) is 16.1. The van der Waals surface area contributed by atoms with Gasteiger partial charge in [0.05, 0.1) is 5.56 Å². The summed E-state index contributed by atoms with van der Waals surface area (Å²) in [6.07, 6.45) is 0. The number of aromatic nitrogens is 1. The van der Waals surface area contributed by atoms with E-state index in [0.717, 1.165) is 28.4 Å². The molecule has 1 heterocycles. The number of ether oxygens (including phenoxy) is 1. The summed E-state index contributed by atoms with van der Waals surface area (Å²) in [6.45, 7) is 3.72.